The summed E-state index contributed by atoms with van der Waals surface area (Å²) in [6, 6.07) is 8.41. The molecule has 0 aliphatic rings. The average molecular weight is 376 g/mol. The minimum absolute atomic E-state index is 0. The number of benzene rings is 1. The van der Waals surface area contributed by atoms with E-state index in [4.69, 9.17) is 5.11 Å². The largest absolute Gasteiger partial charge is 0.510 e. The summed E-state index contributed by atoms with van der Waals surface area (Å²) in [5, 5.41) is 9.73. The van der Waals surface area contributed by atoms with Crippen molar-refractivity contribution in [1.29, 1.82) is 0 Å². The third-order valence-corrected chi connectivity index (χ3v) is 1.56. The summed E-state index contributed by atoms with van der Waals surface area (Å²) >= 11 is 0. The molecule has 80 valence electrons. The molecule has 0 saturated heterocycles. The maximum absolute atomic E-state index is 12.5. The van der Waals surface area contributed by atoms with Crippen molar-refractivity contribution in [2.75, 3.05) is 0 Å². The molecular formula is C11H11FNOW-. The van der Waals surface area contributed by atoms with Gasteiger partial charge in [0.25, 0.3) is 0 Å². The fourth-order valence-corrected chi connectivity index (χ4v) is 1.02. The molecular weight excluding hydrogens is 365 g/mol. The van der Waals surface area contributed by atoms with Gasteiger partial charge in [-0.15, -0.1) is 17.5 Å². The van der Waals surface area contributed by atoms with E-state index in [0.717, 1.165) is 0 Å². The summed E-state index contributed by atoms with van der Waals surface area (Å²) in [5.41, 5.74) is 0.412. The van der Waals surface area contributed by atoms with Crippen LogP contribution in [0, 0.1) is 12.0 Å². The molecule has 0 amide bonds. The van der Waals surface area contributed by atoms with Gasteiger partial charge in [0.2, 0.25) is 0 Å². The van der Waals surface area contributed by atoms with Crippen molar-refractivity contribution in [1.82, 2.24) is 4.98 Å². The minimum atomic E-state index is -0.590. The quantitative estimate of drug-likeness (QED) is 0.567. The number of fused-ring (bicyclic) bond motifs is 1. The van der Waals surface area contributed by atoms with Gasteiger partial charge >= 0.3 is 0 Å². The Morgan fingerprint density at radius 1 is 1.33 bits per heavy atom. The predicted molar refractivity (Wildman–Crippen MR) is 53.5 cm³/mol. The molecule has 0 unspecified atom stereocenters. The normalized spacial score (nSPS) is 8.73. The van der Waals surface area contributed by atoms with Gasteiger partial charge in [-0.3, -0.25) is 0 Å². The monoisotopic (exact) mass is 376 g/mol. The molecule has 1 aromatic carbocycles. The van der Waals surface area contributed by atoms with E-state index in [-0.39, 0.29) is 26.8 Å². The molecule has 4 heteroatoms. The number of halogens is 1. The van der Waals surface area contributed by atoms with Crippen molar-refractivity contribution in [3.05, 3.63) is 36.3 Å². The molecule has 0 fully saturated rings. The van der Waals surface area contributed by atoms with Crippen LogP contribution in [0.15, 0.2) is 24.3 Å². The standard InChI is InChI=1S/C9H5FNO.C2H6.W/c10-9-4-2-6-1-3-7(12)5-8(6)11-9;1-2;/h1,3-5,12H;1-2H3;/q-1;;. The van der Waals surface area contributed by atoms with Gasteiger partial charge in [-0.1, -0.05) is 26.0 Å². The second kappa shape index (κ2) is 6.52. The Morgan fingerprint density at radius 3 is 2.67 bits per heavy atom. The second-order valence-corrected chi connectivity index (χ2v) is 2.42. The molecule has 0 radical (unpaired) electrons. The number of hydrogen-bond acceptors (Lipinski definition) is 2. The topological polar surface area (TPSA) is 33.1 Å². The maximum atomic E-state index is 12.5. The van der Waals surface area contributed by atoms with Gasteiger partial charge in [0.05, 0.1) is 5.75 Å². The summed E-state index contributed by atoms with van der Waals surface area (Å²) in [4.78, 5) is 3.58. The summed E-state index contributed by atoms with van der Waals surface area (Å²) in [6.45, 7) is 4.00. The number of aromatic nitrogens is 1. The van der Waals surface area contributed by atoms with Crippen molar-refractivity contribution in [3.63, 3.8) is 0 Å². The fourth-order valence-electron chi connectivity index (χ4n) is 1.02. The molecule has 1 heterocycles. The Kier molecular flexibility index (Phi) is 6.10. The van der Waals surface area contributed by atoms with E-state index in [9.17, 15) is 4.39 Å². The molecule has 15 heavy (non-hydrogen) atoms. The van der Waals surface area contributed by atoms with Crippen LogP contribution < -0.4 is 0 Å². The van der Waals surface area contributed by atoms with E-state index in [1.807, 2.05) is 13.8 Å². The predicted octanol–water partition coefficient (Wildman–Crippen LogP) is 2.90. The number of phenols is 1. The molecule has 0 saturated carbocycles. The Labute approximate surface area is 102 Å². The first-order valence-electron chi connectivity index (χ1n) is 4.43. The number of rotatable bonds is 0. The molecule has 2 aromatic rings. The van der Waals surface area contributed by atoms with E-state index in [0.29, 0.717) is 10.9 Å². The van der Waals surface area contributed by atoms with Gasteiger partial charge in [-0.25, -0.2) is 4.39 Å². The van der Waals surface area contributed by atoms with Gasteiger partial charge in [0.15, 0.2) is 0 Å². The summed E-state index contributed by atoms with van der Waals surface area (Å²) in [5.74, 6) is -0.512. The summed E-state index contributed by atoms with van der Waals surface area (Å²) in [6.07, 6.45) is 0. The van der Waals surface area contributed by atoms with E-state index in [1.54, 1.807) is 6.07 Å². The number of phenolic OH excluding ortho intramolecular Hbond substituents is 1. The van der Waals surface area contributed by atoms with Gasteiger partial charge in [0, 0.05) is 21.1 Å². The second-order valence-electron chi connectivity index (χ2n) is 2.42. The Hall–Kier alpha value is -0.952. The maximum Gasteiger partial charge on any atom is 0.126 e. The zero-order valence-electron chi connectivity index (χ0n) is 8.49. The fraction of sp³-hybridized carbons (Fsp3) is 0.182. The third-order valence-electron chi connectivity index (χ3n) is 1.56. The summed E-state index contributed by atoms with van der Waals surface area (Å²) in [7, 11) is 0. The SMILES string of the molecule is CC.Oc1ccc2[c-]cc(F)nc2c1.[W]. The first kappa shape index (κ1) is 14.0. The van der Waals surface area contributed by atoms with Crippen LogP contribution in [0.5, 0.6) is 5.75 Å². The molecule has 0 aliphatic heterocycles. The number of pyridine rings is 1. The van der Waals surface area contributed by atoms with Crippen LogP contribution in [0.25, 0.3) is 10.9 Å². The van der Waals surface area contributed by atoms with Gasteiger partial charge in [-0.2, -0.15) is 0 Å². The van der Waals surface area contributed by atoms with Crippen molar-refractivity contribution in [2.24, 2.45) is 0 Å². The van der Waals surface area contributed by atoms with Gasteiger partial charge in [0.1, 0.15) is 5.95 Å². The van der Waals surface area contributed by atoms with Crippen LogP contribution in [0.4, 0.5) is 4.39 Å². The van der Waals surface area contributed by atoms with E-state index < -0.39 is 5.95 Å². The Bertz CT molecular complexity index is 397. The molecule has 1 N–H and O–H groups in total. The van der Waals surface area contributed by atoms with Crippen LogP contribution in [0.1, 0.15) is 13.8 Å². The molecule has 0 aliphatic carbocycles. The molecule has 0 bridgehead atoms. The van der Waals surface area contributed by atoms with Crippen molar-refractivity contribution in [3.8, 4) is 5.75 Å². The van der Waals surface area contributed by atoms with Crippen molar-refractivity contribution >= 4 is 10.9 Å². The minimum Gasteiger partial charge on any atom is -0.510 e. The number of hydrogen-bond donors (Lipinski definition) is 1. The zero-order chi connectivity index (χ0) is 10.6. The summed E-state index contributed by atoms with van der Waals surface area (Å²) < 4.78 is 12.5. The van der Waals surface area contributed by atoms with Crippen LogP contribution in [-0.4, -0.2) is 10.1 Å². The van der Waals surface area contributed by atoms with E-state index >= 15 is 0 Å². The van der Waals surface area contributed by atoms with Crippen molar-refractivity contribution in [2.45, 2.75) is 13.8 Å². The Morgan fingerprint density at radius 2 is 2.00 bits per heavy atom. The van der Waals surface area contributed by atoms with Gasteiger partial charge in [-0.05, 0) is 11.6 Å². The van der Waals surface area contributed by atoms with Crippen molar-refractivity contribution < 1.29 is 30.6 Å². The molecule has 0 atom stereocenters. The Balaban J connectivity index is 0.000000617. The first-order chi connectivity index (χ1) is 6.75. The molecule has 2 rings (SSSR count). The van der Waals surface area contributed by atoms with E-state index in [2.05, 4.69) is 11.1 Å². The number of nitrogens with zero attached hydrogens (tertiary/aromatic N) is 1. The molecule has 1 aromatic heterocycles. The zero-order valence-corrected chi connectivity index (χ0v) is 11.4. The molecule has 2 nitrogen and oxygen atoms in total. The van der Waals surface area contributed by atoms with Crippen LogP contribution in [-0.2, 0) is 21.1 Å². The molecule has 0 spiro atoms. The van der Waals surface area contributed by atoms with Gasteiger partial charge < -0.3 is 10.1 Å². The average Bonchev–Trinajstić information content (AvgIpc) is 2.20. The number of aromatic hydroxyl groups is 1. The smallest absolute Gasteiger partial charge is 0.126 e. The van der Waals surface area contributed by atoms with Crippen LogP contribution in [0.3, 0.4) is 0 Å². The third kappa shape index (κ3) is 3.60. The van der Waals surface area contributed by atoms with E-state index in [1.165, 1.54) is 18.2 Å². The first-order valence-corrected chi connectivity index (χ1v) is 4.43. The van der Waals surface area contributed by atoms with Crippen LogP contribution in [0.2, 0.25) is 0 Å². The van der Waals surface area contributed by atoms with Crippen LogP contribution >= 0.6 is 0 Å².